The van der Waals surface area contributed by atoms with Crippen molar-refractivity contribution >= 4 is 95.3 Å². The van der Waals surface area contributed by atoms with Crippen LogP contribution in [0.5, 0.6) is 0 Å². The summed E-state index contributed by atoms with van der Waals surface area (Å²) in [7, 11) is 0. The summed E-state index contributed by atoms with van der Waals surface area (Å²) in [5.41, 5.74) is 6.28. The lowest BCUT2D eigenvalue weighted by Crippen LogP contribution is -2.55. The third-order valence-corrected chi connectivity index (χ3v) is 13.0. The quantitative estimate of drug-likeness (QED) is 0.0147. The summed E-state index contributed by atoms with van der Waals surface area (Å²) in [5.74, 6) is -7.64. The number of carbonyl (C=O) groups excluding carboxylic acids is 11. The smallest absolute Gasteiger partial charge is 0.315 e. The number of thioether (sulfide) groups is 1. The van der Waals surface area contributed by atoms with Crippen LogP contribution < -0.4 is 58.9 Å². The largest absolute Gasteiger partial charge is 0.481 e. The number of urea groups is 1. The summed E-state index contributed by atoms with van der Waals surface area (Å²) in [6.45, 7) is -0.720. The van der Waals surface area contributed by atoms with Crippen LogP contribution in [0.15, 0.2) is 30.3 Å². The van der Waals surface area contributed by atoms with Gasteiger partial charge in [-0.2, -0.15) is 11.8 Å². The first-order chi connectivity index (χ1) is 35.3. The molecule has 27 heteroatoms. The predicted octanol–water partition coefficient (Wildman–Crippen LogP) is -2.17. The van der Waals surface area contributed by atoms with Crippen LogP contribution in [-0.2, 0) is 52.7 Å². The van der Waals surface area contributed by atoms with Crippen LogP contribution >= 0.6 is 11.8 Å². The first kappa shape index (κ1) is 60.7. The van der Waals surface area contributed by atoms with Gasteiger partial charge in [0.15, 0.2) is 0 Å². The Labute approximate surface area is 430 Å². The van der Waals surface area contributed by atoms with Crippen LogP contribution in [-0.4, -0.2) is 162 Å². The highest BCUT2D eigenvalue weighted by Crippen LogP contribution is 2.33. The van der Waals surface area contributed by atoms with Crippen molar-refractivity contribution in [3.8, 4) is 0 Å². The predicted molar refractivity (Wildman–Crippen MR) is 266 cm³/mol. The molecule has 6 atom stereocenters. The number of benzene rings is 1. The van der Waals surface area contributed by atoms with E-state index in [0.29, 0.717) is 42.9 Å². The zero-order valence-electron chi connectivity index (χ0n) is 40.8. The second kappa shape index (κ2) is 33.2. The second-order valence-electron chi connectivity index (χ2n) is 17.3. The zero-order valence-corrected chi connectivity index (χ0v) is 41.7. The normalized spacial score (nSPS) is 16.6. The summed E-state index contributed by atoms with van der Waals surface area (Å²) in [6, 6.07) is 2.19. The third kappa shape index (κ3) is 24.2. The van der Waals surface area contributed by atoms with Gasteiger partial charge in [0.1, 0.15) is 24.4 Å². The number of carboxylic acids is 2. The number of allylic oxidation sites excluding steroid dienone is 1. The molecule has 0 aromatic heterocycles. The molecule has 14 N–H and O–H groups in total. The van der Waals surface area contributed by atoms with Gasteiger partial charge < -0.3 is 69.1 Å². The number of nitrogens with two attached hydrogens (primary N) is 1. The molecule has 26 nitrogen and oxygen atoms in total. The zero-order chi connectivity index (χ0) is 54.4. The lowest BCUT2D eigenvalue weighted by Gasteiger charge is -2.23. The van der Waals surface area contributed by atoms with Crippen molar-refractivity contribution < 1.29 is 72.5 Å². The van der Waals surface area contributed by atoms with Crippen molar-refractivity contribution in [1.82, 2.24) is 53.2 Å². The number of primary amides is 1. The van der Waals surface area contributed by atoms with Crippen LogP contribution in [0.2, 0.25) is 0 Å². The van der Waals surface area contributed by atoms with Crippen molar-refractivity contribution in [3.05, 3.63) is 41.5 Å². The molecule has 0 aliphatic carbocycles. The van der Waals surface area contributed by atoms with Crippen LogP contribution in [0.1, 0.15) is 106 Å². The number of aldehydes is 1. The minimum absolute atomic E-state index is 0.0818. The Morgan fingerprint density at radius 3 is 1.82 bits per heavy atom. The summed E-state index contributed by atoms with van der Waals surface area (Å²) < 4.78 is 0. The Morgan fingerprint density at radius 1 is 0.622 bits per heavy atom. The number of amides is 11. The fourth-order valence-corrected chi connectivity index (χ4v) is 9.14. The fourth-order valence-electron chi connectivity index (χ4n) is 7.60. The van der Waals surface area contributed by atoms with Gasteiger partial charge in [-0.1, -0.05) is 24.6 Å². The van der Waals surface area contributed by atoms with Crippen molar-refractivity contribution in [1.29, 1.82) is 0 Å². The second-order valence-corrected chi connectivity index (χ2v) is 18.6. The van der Waals surface area contributed by atoms with E-state index in [4.69, 9.17) is 5.73 Å². The van der Waals surface area contributed by atoms with Gasteiger partial charge in [-0.15, -0.1) is 0 Å². The molecule has 1 aromatic rings. The molecule has 0 saturated carbocycles. The molecule has 2 aliphatic rings. The topological polar surface area (TPSA) is 409 Å². The average molecular weight is 1060 g/mol. The van der Waals surface area contributed by atoms with E-state index in [1.165, 1.54) is 24.3 Å². The van der Waals surface area contributed by atoms with Crippen LogP contribution in [0.25, 0.3) is 6.08 Å². The first-order valence-corrected chi connectivity index (χ1v) is 25.3. The Balaban J connectivity index is 1.30. The van der Waals surface area contributed by atoms with Gasteiger partial charge in [-0.05, 0) is 68.7 Å². The maximum atomic E-state index is 13.3. The van der Waals surface area contributed by atoms with E-state index in [1.54, 1.807) is 12.1 Å². The van der Waals surface area contributed by atoms with E-state index < -0.39 is 110 Å². The van der Waals surface area contributed by atoms with E-state index in [0.717, 1.165) is 25.0 Å². The number of fused-ring (bicyclic) bond motifs is 1. The van der Waals surface area contributed by atoms with Crippen LogP contribution in [0.4, 0.5) is 4.79 Å². The highest BCUT2D eigenvalue weighted by atomic mass is 32.2. The maximum absolute atomic E-state index is 13.3. The van der Waals surface area contributed by atoms with Crippen molar-refractivity contribution in [2.45, 2.75) is 125 Å². The van der Waals surface area contributed by atoms with Crippen molar-refractivity contribution in [3.63, 3.8) is 0 Å². The number of nitrogens with one attached hydrogen (secondary N) is 10. The van der Waals surface area contributed by atoms with Crippen molar-refractivity contribution in [2.75, 3.05) is 38.5 Å². The molecule has 2 aliphatic heterocycles. The summed E-state index contributed by atoms with van der Waals surface area (Å²) >= 11 is 1.83. The molecular formula is C47H67N11O15S. The number of hydrogen-bond acceptors (Lipinski definition) is 14. The molecule has 3 rings (SSSR count). The van der Waals surface area contributed by atoms with E-state index >= 15 is 0 Å². The number of aliphatic carboxylic acids is 2. The maximum Gasteiger partial charge on any atom is 0.315 e. The Morgan fingerprint density at radius 2 is 1.20 bits per heavy atom. The fraction of sp³-hybridized carbons (Fsp3) is 0.553. The summed E-state index contributed by atoms with van der Waals surface area (Å²) in [5, 5.41) is 44.5. The standard InChI is InChI=1S/C47H67N11O15S/c48-43(69)30(7-3-4-21-49-35(60)9-2-1-8-34-42-33(27-74-34)57-47(73)58-42)54-38(63)20-23-51-36(61)18-22-50-37(62)19-24-52-45(71)31(14-16-40(65)66)56-46(72)32(15-17-41(67)68)55-39(64)26-53-44(70)29-12-10-28(11-13-29)6-5-25-59/h5-6,10-13,25,30-34,42H,1-4,7-9,14-24,26-27H2,(H2,48,69)(H,49,60)(H,50,62)(H,51,61)(H,52,71)(H,53,70)(H,54,63)(H,55,64)(H,56,72)(H,65,66)(H,67,68)(H2,57,58,73)/b6-5+/t30-,31-,32-,33-,34-,42-/m0/s1. The molecule has 0 unspecified atom stereocenters. The molecular weight excluding hydrogens is 991 g/mol. The molecule has 74 heavy (non-hydrogen) atoms. The Bertz CT molecular complexity index is 2200. The first-order valence-electron chi connectivity index (χ1n) is 24.2. The van der Waals surface area contributed by atoms with Gasteiger partial charge >= 0.3 is 18.0 Å². The van der Waals surface area contributed by atoms with E-state index in [-0.39, 0.29) is 74.9 Å². The van der Waals surface area contributed by atoms with E-state index in [9.17, 15) is 72.5 Å². The number of hydrogen-bond donors (Lipinski definition) is 13. The van der Waals surface area contributed by atoms with Crippen LogP contribution in [0.3, 0.4) is 0 Å². The SMILES string of the molecule is NC(=O)[C@H](CCCCNC(=O)CCCC[C@@H]1SC[C@@H]2NC(=O)N[C@@H]21)NC(=O)CCNC(=O)CCNC(=O)CCNC(=O)[C@H](CCC(=O)O)NC(=O)[C@H](CCC(=O)O)NC(=O)CNC(=O)c1ccc(/C=C/C=O)cc1. The third-order valence-electron chi connectivity index (χ3n) is 11.5. The van der Waals surface area contributed by atoms with E-state index in [2.05, 4.69) is 53.2 Å². The van der Waals surface area contributed by atoms with Gasteiger partial charge in [0.25, 0.3) is 5.91 Å². The molecule has 2 heterocycles. The minimum atomic E-state index is -1.52. The number of rotatable bonds is 36. The summed E-state index contributed by atoms with van der Waals surface area (Å²) in [6.07, 6.45) is 4.84. The number of unbranched alkanes of at least 4 members (excludes halogenated alkanes) is 2. The lowest BCUT2D eigenvalue weighted by atomic mass is 10.0. The van der Waals surface area contributed by atoms with Crippen LogP contribution in [0, 0.1) is 0 Å². The molecule has 2 fully saturated rings. The van der Waals surface area contributed by atoms with Gasteiger partial charge in [0.05, 0.1) is 18.6 Å². The van der Waals surface area contributed by atoms with Crippen molar-refractivity contribution in [2.24, 2.45) is 5.73 Å². The Hall–Kier alpha value is -7.58. The Kier molecular flexibility index (Phi) is 27.2. The minimum Gasteiger partial charge on any atom is -0.481 e. The molecule has 2 saturated heterocycles. The monoisotopic (exact) mass is 1060 g/mol. The molecule has 11 amide bonds. The molecule has 0 bridgehead atoms. The molecule has 0 radical (unpaired) electrons. The molecule has 1 aromatic carbocycles. The molecule has 406 valence electrons. The van der Waals surface area contributed by atoms with Gasteiger partial charge in [-0.3, -0.25) is 57.5 Å². The van der Waals surface area contributed by atoms with Gasteiger partial charge in [0, 0.05) is 81.3 Å². The van der Waals surface area contributed by atoms with E-state index in [1.807, 2.05) is 11.8 Å². The number of carbonyl (C=O) groups is 13. The van der Waals surface area contributed by atoms with Gasteiger partial charge in [0.2, 0.25) is 47.3 Å². The number of carboxylic acid groups (broad SMARTS) is 2. The lowest BCUT2D eigenvalue weighted by molar-refractivity contribution is -0.139. The highest BCUT2D eigenvalue weighted by molar-refractivity contribution is 8.00. The average Bonchev–Trinajstić information content (AvgIpc) is 3.91. The summed E-state index contributed by atoms with van der Waals surface area (Å²) in [4.78, 5) is 158. The highest BCUT2D eigenvalue weighted by Gasteiger charge is 2.42. The van der Waals surface area contributed by atoms with Gasteiger partial charge in [-0.25, -0.2) is 4.79 Å². The molecule has 0 spiro atoms.